The average Bonchev–Trinajstić information content (AvgIpc) is 3.56. The van der Waals surface area contributed by atoms with Gasteiger partial charge in [-0.1, -0.05) is 18.2 Å². The van der Waals surface area contributed by atoms with Crippen molar-refractivity contribution >= 4 is 46.5 Å². The minimum absolute atomic E-state index is 0.109. The number of nitrogens with one attached hydrogen (secondary N) is 5. The number of carboxylic acid groups (broad SMARTS) is 2. The number of nitrogens with zero attached hydrogens (tertiary/aromatic N) is 1. The van der Waals surface area contributed by atoms with Crippen molar-refractivity contribution < 1.29 is 39.0 Å². The second-order valence-electron chi connectivity index (χ2n) is 9.24. The molecule has 2 aromatic heterocycles. The van der Waals surface area contributed by atoms with Crippen molar-refractivity contribution in [2.24, 2.45) is 11.5 Å². The standard InChI is InChI=1S/C25H30N8O8/c26-15(7-21(35)36)22(37)31-17(6-13-10-28-11-30-13)23(38)32-18(8-20(27)34)24(39)33-19(25(40)41)5-12-9-29-16-4-2-1-3-14(12)16/h1-4,9-11,15,17-19,29H,5-8,26H2,(H2,27,34)(H,28,30)(H,31,37)(H,32,38)(H,33,39)(H,35,36)(H,40,41). The number of hydrogen-bond acceptors (Lipinski definition) is 8. The number of H-pyrrole nitrogens is 2. The number of hydrogen-bond donors (Lipinski definition) is 9. The van der Waals surface area contributed by atoms with Crippen LogP contribution in [0.1, 0.15) is 24.1 Å². The molecule has 0 saturated heterocycles. The van der Waals surface area contributed by atoms with Gasteiger partial charge in [0.2, 0.25) is 23.6 Å². The number of aliphatic carboxylic acids is 2. The summed E-state index contributed by atoms with van der Waals surface area (Å²) in [5.41, 5.74) is 12.7. The molecule has 0 spiro atoms. The normalized spacial score (nSPS) is 13.9. The van der Waals surface area contributed by atoms with Crippen LogP contribution in [0.15, 0.2) is 43.0 Å². The number of primary amides is 1. The van der Waals surface area contributed by atoms with E-state index in [1.54, 1.807) is 30.5 Å². The third kappa shape index (κ3) is 8.62. The monoisotopic (exact) mass is 570 g/mol. The van der Waals surface area contributed by atoms with E-state index in [2.05, 4.69) is 30.9 Å². The first-order chi connectivity index (χ1) is 19.4. The van der Waals surface area contributed by atoms with Gasteiger partial charge in [0.25, 0.3) is 0 Å². The molecule has 16 nitrogen and oxygen atoms in total. The first kappa shape index (κ1) is 30.3. The molecule has 0 aliphatic rings. The summed E-state index contributed by atoms with van der Waals surface area (Å²) in [6.45, 7) is 0. The molecule has 11 N–H and O–H groups in total. The number of amides is 4. The number of benzene rings is 1. The third-order valence-corrected chi connectivity index (χ3v) is 6.10. The smallest absolute Gasteiger partial charge is 0.326 e. The van der Waals surface area contributed by atoms with Crippen molar-refractivity contribution in [2.45, 2.75) is 49.9 Å². The van der Waals surface area contributed by atoms with Gasteiger partial charge in [0.1, 0.15) is 18.1 Å². The van der Waals surface area contributed by atoms with Crippen LogP contribution >= 0.6 is 0 Å². The first-order valence-corrected chi connectivity index (χ1v) is 12.4. The van der Waals surface area contributed by atoms with Gasteiger partial charge in [-0.15, -0.1) is 0 Å². The predicted octanol–water partition coefficient (Wildman–Crippen LogP) is -2.11. The lowest BCUT2D eigenvalue weighted by molar-refractivity contribution is -0.142. The van der Waals surface area contributed by atoms with Crippen LogP contribution in [0.4, 0.5) is 0 Å². The summed E-state index contributed by atoms with van der Waals surface area (Å²) in [6, 6.07) is 1.29. The lowest BCUT2D eigenvalue weighted by atomic mass is 10.0. The Hall–Kier alpha value is -5.25. The molecule has 218 valence electrons. The van der Waals surface area contributed by atoms with E-state index in [-0.39, 0.29) is 12.8 Å². The Morgan fingerprint density at radius 2 is 1.51 bits per heavy atom. The highest BCUT2D eigenvalue weighted by molar-refractivity contribution is 5.96. The number of para-hydroxylation sites is 1. The summed E-state index contributed by atoms with van der Waals surface area (Å²) in [7, 11) is 0. The van der Waals surface area contributed by atoms with Crippen LogP contribution in [0.25, 0.3) is 10.9 Å². The fraction of sp³-hybridized carbons (Fsp3) is 0.320. The van der Waals surface area contributed by atoms with Gasteiger partial charge < -0.3 is 47.6 Å². The molecule has 0 aliphatic heterocycles. The van der Waals surface area contributed by atoms with E-state index in [1.807, 2.05) is 0 Å². The maximum atomic E-state index is 13.2. The molecule has 4 unspecified atom stereocenters. The van der Waals surface area contributed by atoms with Crippen LogP contribution in [0, 0.1) is 0 Å². The van der Waals surface area contributed by atoms with Gasteiger partial charge in [0.15, 0.2) is 0 Å². The molecule has 1 aromatic carbocycles. The summed E-state index contributed by atoms with van der Waals surface area (Å²) in [5.74, 6) is -6.55. The maximum Gasteiger partial charge on any atom is 0.326 e. The van der Waals surface area contributed by atoms with Crippen molar-refractivity contribution in [1.82, 2.24) is 30.9 Å². The highest BCUT2D eigenvalue weighted by Crippen LogP contribution is 2.19. The van der Waals surface area contributed by atoms with Crippen molar-refractivity contribution in [3.63, 3.8) is 0 Å². The van der Waals surface area contributed by atoms with Crippen LogP contribution in [0.2, 0.25) is 0 Å². The third-order valence-electron chi connectivity index (χ3n) is 6.10. The molecule has 41 heavy (non-hydrogen) atoms. The van der Waals surface area contributed by atoms with Crippen LogP contribution in [-0.4, -0.2) is 84.9 Å². The molecule has 4 amide bonds. The Morgan fingerprint density at radius 1 is 0.854 bits per heavy atom. The molecular weight excluding hydrogens is 540 g/mol. The van der Waals surface area contributed by atoms with Gasteiger partial charge in [-0.2, -0.15) is 0 Å². The number of carbonyl (C=O) groups is 6. The summed E-state index contributed by atoms with van der Waals surface area (Å²) in [6.07, 6.45) is 2.66. The minimum atomic E-state index is -1.60. The number of fused-ring (bicyclic) bond motifs is 1. The van der Waals surface area contributed by atoms with Gasteiger partial charge in [0.05, 0.1) is 25.2 Å². The largest absolute Gasteiger partial charge is 0.481 e. The first-order valence-electron chi connectivity index (χ1n) is 12.4. The second kappa shape index (κ2) is 13.7. The van der Waals surface area contributed by atoms with E-state index >= 15 is 0 Å². The predicted molar refractivity (Wildman–Crippen MR) is 142 cm³/mol. The van der Waals surface area contributed by atoms with Crippen molar-refractivity contribution in [1.29, 1.82) is 0 Å². The van der Waals surface area contributed by atoms with Gasteiger partial charge >= 0.3 is 11.9 Å². The van der Waals surface area contributed by atoms with E-state index in [0.717, 1.165) is 10.9 Å². The van der Waals surface area contributed by atoms with Crippen molar-refractivity contribution in [3.05, 3.63) is 54.2 Å². The van der Waals surface area contributed by atoms with Gasteiger partial charge in [-0.25, -0.2) is 9.78 Å². The Bertz CT molecular complexity index is 1420. The molecule has 0 saturated carbocycles. The van der Waals surface area contributed by atoms with Crippen molar-refractivity contribution in [2.75, 3.05) is 0 Å². The second-order valence-corrected chi connectivity index (χ2v) is 9.24. The van der Waals surface area contributed by atoms with E-state index < -0.39 is 72.6 Å². The molecule has 4 atom stereocenters. The van der Waals surface area contributed by atoms with Crippen LogP contribution in [0.5, 0.6) is 0 Å². The summed E-state index contributed by atoms with van der Waals surface area (Å²) < 4.78 is 0. The number of carboxylic acids is 2. The fourth-order valence-electron chi connectivity index (χ4n) is 4.06. The zero-order valence-electron chi connectivity index (χ0n) is 21.6. The molecule has 0 fully saturated rings. The maximum absolute atomic E-state index is 13.2. The SMILES string of the molecule is NC(=O)CC(NC(=O)C(Cc1cnc[nH]1)NC(=O)C(N)CC(=O)O)C(=O)NC(Cc1c[nH]c2ccccc12)C(=O)O. The molecule has 3 rings (SSSR count). The minimum Gasteiger partial charge on any atom is -0.481 e. The van der Waals surface area contributed by atoms with E-state index in [9.17, 15) is 33.9 Å². The van der Waals surface area contributed by atoms with Crippen LogP contribution < -0.4 is 27.4 Å². The zero-order valence-corrected chi connectivity index (χ0v) is 21.6. The summed E-state index contributed by atoms with van der Waals surface area (Å²) in [4.78, 5) is 83.0. The van der Waals surface area contributed by atoms with Crippen LogP contribution in [0.3, 0.4) is 0 Å². The van der Waals surface area contributed by atoms with Gasteiger partial charge in [-0.3, -0.25) is 24.0 Å². The Kier molecular flexibility index (Phi) is 10.1. The Balaban J connectivity index is 1.77. The molecule has 3 aromatic rings. The zero-order chi connectivity index (χ0) is 30.1. The molecule has 0 radical (unpaired) electrons. The molecule has 0 aliphatic carbocycles. The molecule has 0 bridgehead atoms. The topological polar surface area (TPSA) is 275 Å². The highest BCUT2D eigenvalue weighted by atomic mass is 16.4. The number of imidazole rings is 1. The Labute approximate surface area is 232 Å². The summed E-state index contributed by atoms with van der Waals surface area (Å²) in [5, 5.41) is 26.4. The highest BCUT2D eigenvalue weighted by Gasteiger charge is 2.32. The fourth-order valence-corrected chi connectivity index (χ4v) is 4.06. The Morgan fingerprint density at radius 3 is 2.15 bits per heavy atom. The lowest BCUT2D eigenvalue weighted by Gasteiger charge is -2.24. The number of nitrogens with two attached hydrogens (primary N) is 2. The van der Waals surface area contributed by atoms with Gasteiger partial charge in [0, 0.05) is 41.8 Å². The summed E-state index contributed by atoms with van der Waals surface area (Å²) >= 11 is 0. The lowest BCUT2D eigenvalue weighted by Crippen LogP contribution is -2.58. The van der Waals surface area contributed by atoms with E-state index in [0.29, 0.717) is 11.3 Å². The van der Waals surface area contributed by atoms with E-state index in [1.165, 1.54) is 12.5 Å². The number of aromatic amines is 2. The number of carbonyl (C=O) groups excluding carboxylic acids is 4. The number of aromatic nitrogens is 3. The average molecular weight is 571 g/mol. The molecule has 2 heterocycles. The number of rotatable bonds is 15. The van der Waals surface area contributed by atoms with Crippen molar-refractivity contribution in [3.8, 4) is 0 Å². The van der Waals surface area contributed by atoms with E-state index in [4.69, 9.17) is 16.6 Å². The molecular formula is C25H30N8O8. The molecule has 16 heteroatoms. The van der Waals surface area contributed by atoms with Crippen LogP contribution in [-0.2, 0) is 41.6 Å². The quantitative estimate of drug-likeness (QED) is 0.0959. The van der Waals surface area contributed by atoms with Gasteiger partial charge in [-0.05, 0) is 11.6 Å².